The predicted molar refractivity (Wildman–Crippen MR) is 34.5 cm³/mol. The highest BCUT2D eigenvalue weighted by atomic mass is 16.1. The van der Waals surface area contributed by atoms with Gasteiger partial charge in [0, 0.05) is 6.54 Å². The van der Waals surface area contributed by atoms with Crippen LogP contribution < -0.4 is 11.5 Å². The van der Waals surface area contributed by atoms with E-state index >= 15 is 0 Å². The number of amides is 1. The Morgan fingerprint density at radius 3 is 2.33 bits per heavy atom. The Morgan fingerprint density at radius 1 is 1.67 bits per heavy atom. The molecule has 52 valence electrons. The number of hydrogen-bond donors (Lipinski definition) is 2. The molecule has 4 N–H and O–H groups in total. The van der Waals surface area contributed by atoms with Crippen LogP contribution in [0.1, 0.15) is 12.8 Å². The normalized spacial score (nSPS) is 21.4. The van der Waals surface area contributed by atoms with Crippen LogP contribution in [-0.4, -0.2) is 12.5 Å². The SMILES string of the molecule is NC[C@@H](C(N)=O)C1CC1. The van der Waals surface area contributed by atoms with E-state index in [1.165, 1.54) is 0 Å². The van der Waals surface area contributed by atoms with Gasteiger partial charge < -0.3 is 11.5 Å². The lowest BCUT2D eigenvalue weighted by Gasteiger charge is -2.06. The van der Waals surface area contributed by atoms with Gasteiger partial charge in [-0.25, -0.2) is 0 Å². The summed E-state index contributed by atoms with van der Waals surface area (Å²) in [6.07, 6.45) is 2.26. The van der Waals surface area contributed by atoms with Crippen LogP contribution in [0.25, 0.3) is 0 Å². The maximum absolute atomic E-state index is 10.6. The number of hydrogen-bond acceptors (Lipinski definition) is 2. The molecule has 1 rings (SSSR count). The predicted octanol–water partition coefficient (Wildman–Crippen LogP) is -0.543. The fourth-order valence-corrected chi connectivity index (χ4v) is 1.04. The molecule has 0 aromatic rings. The van der Waals surface area contributed by atoms with Gasteiger partial charge in [-0.2, -0.15) is 0 Å². The lowest BCUT2D eigenvalue weighted by Crippen LogP contribution is -2.31. The van der Waals surface area contributed by atoms with E-state index in [2.05, 4.69) is 0 Å². The second kappa shape index (κ2) is 2.35. The Bertz CT molecular complexity index is 120. The topological polar surface area (TPSA) is 69.1 Å². The molecular weight excluding hydrogens is 116 g/mol. The van der Waals surface area contributed by atoms with Crippen LogP contribution in [0.5, 0.6) is 0 Å². The molecule has 0 bridgehead atoms. The van der Waals surface area contributed by atoms with E-state index in [0.29, 0.717) is 12.5 Å². The van der Waals surface area contributed by atoms with Crippen molar-refractivity contribution in [2.75, 3.05) is 6.54 Å². The van der Waals surface area contributed by atoms with Crippen molar-refractivity contribution in [1.82, 2.24) is 0 Å². The van der Waals surface area contributed by atoms with Crippen molar-refractivity contribution in [3.63, 3.8) is 0 Å². The summed E-state index contributed by atoms with van der Waals surface area (Å²) in [6.45, 7) is 0.417. The van der Waals surface area contributed by atoms with Crippen molar-refractivity contribution in [2.24, 2.45) is 23.3 Å². The van der Waals surface area contributed by atoms with E-state index in [1.54, 1.807) is 0 Å². The third kappa shape index (κ3) is 1.42. The fraction of sp³-hybridized carbons (Fsp3) is 0.833. The molecule has 0 unspecified atom stereocenters. The van der Waals surface area contributed by atoms with Crippen molar-refractivity contribution >= 4 is 5.91 Å². The minimum absolute atomic E-state index is 0.0509. The van der Waals surface area contributed by atoms with E-state index in [-0.39, 0.29) is 11.8 Å². The number of carbonyl (C=O) groups is 1. The molecule has 3 heteroatoms. The first-order chi connectivity index (χ1) is 4.25. The zero-order chi connectivity index (χ0) is 6.85. The molecule has 1 amide bonds. The van der Waals surface area contributed by atoms with Gasteiger partial charge in [0.25, 0.3) is 0 Å². The minimum atomic E-state index is -0.236. The Kier molecular flexibility index (Phi) is 1.71. The quantitative estimate of drug-likeness (QED) is 0.535. The molecule has 1 atom stereocenters. The summed E-state index contributed by atoms with van der Waals surface area (Å²) in [4.78, 5) is 10.6. The summed E-state index contributed by atoms with van der Waals surface area (Å²) in [5.41, 5.74) is 10.4. The number of nitrogens with two attached hydrogens (primary N) is 2. The Labute approximate surface area is 54.4 Å². The molecule has 0 aromatic heterocycles. The van der Waals surface area contributed by atoms with Gasteiger partial charge in [0.2, 0.25) is 5.91 Å². The molecular formula is C6H12N2O. The molecule has 1 aliphatic carbocycles. The first kappa shape index (κ1) is 6.55. The van der Waals surface area contributed by atoms with Crippen molar-refractivity contribution < 1.29 is 4.79 Å². The van der Waals surface area contributed by atoms with Crippen molar-refractivity contribution in [3.05, 3.63) is 0 Å². The minimum Gasteiger partial charge on any atom is -0.369 e. The van der Waals surface area contributed by atoms with Crippen molar-refractivity contribution in [3.8, 4) is 0 Å². The van der Waals surface area contributed by atoms with E-state index < -0.39 is 0 Å². The van der Waals surface area contributed by atoms with E-state index in [9.17, 15) is 4.79 Å². The standard InChI is InChI=1S/C6H12N2O/c7-3-5(6(8)9)4-1-2-4/h4-5H,1-3,7H2,(H2,8,9)/t5-/m1/s1. The molecule has 0 aliphatic heterocycles. The van der Waals surface area contributed by atoms with Gasteiger partial charge in [0.1, 0.15) is 0 Å². The summed E-state index contributed by atoms with van der Waals surface area (Å²) in [5, 5.41) is 0. The molecule has 1 aliphatic rings. The molecule has 0 aromatic carbocycles. The zero-order valence-electron chi connectivity index (χ0n) is 5.34. The maximum Gasteiger partial charge on any atom is 0.222 e. The summed E-state index contributed by atoms with van der Waals surface area (Å²) < 4.78 is 0. The van der Waals surface area contributed by atoms with Gasteiger partial charge in [-0.3, -0.25) is 4.79 Å². The Hall–Kier alpha value is -0.570. The lowest BCUT2D eigenvalue weighted by atomic mass is 10.0. The summed E-state index contributed by atoms with van der Waals surface area (Å²) in [6, 6.07) is 0. The monoisotopic (exact) mass is 128 g/mol. The van der Waals surface area contributed by atoms with Crippen LogP contribution in [0.4, 0.5) is 0 Å². The first-order valence-electron chi connectivity index (χ1n) is 3.25. The average Bonchev–Trinajstić information content (AvgIpc) is 2.50. The Morgan fingerprint density at radius 2 is 2.22 bits per heavy atom. The molecule has 0 radical (unpaired) electrons. The second-order valence-corrected chi connectivity index (χ2v) is 2.58. The van der Waals surface area contributed by atoms with Gasteiger partial charge in [-0.15, -0.1) is 0 Å². The highest BCUT2D eigenvalue weighted by Crippen LogP contribution is 2.35. The Balaban J connectivity index is 2.37. The lowest BCUT2D eigenvalue weighted by molar-refractivity contribution is -0.122. The van der Waals surface area contributed by atoms with Gasteiger partial charge in [-0.1, -0.05) is 0 Å². The van der Waals surface area contributed by atoms with Crippen LogP contribution in [-0.2, 0) is 4.79 Å². The summed E-state index contributed by atoms with van der Waals surface area (Å²) in [7, 11) is 0. The third-order valence-corrected chi connectivity index (χ3v) is 1.81. The smallest absolute Gasteiger partial charge is 0.222 e. The number of primary amides is 1. The molecule has 9 heavy (non-hydrogen) atoms. The maximum atomic E-state index is 10.6. The molecule has 3 nitrogen and oxygen atoms in total. The van der Waals surface area contributed by atoms with Crippen molar-refractivity contribution in [2.45, 2.75) is 12.8 Å². The summed E-state index contributed by atoms with van der Waals surface area (Å²) in [5.74, 6) is 0.220. The highest BCUT2D eigenvalue weighted by molar-refractivity contribution is 5.77. The molecule has 0 heterocycles. The molecule has 0 saturated heterocycles. The van der Waals surface area contributed by atoms with Crippen LogP contribution in [0.2, 0.25) is 0 Å². The summed E-state index contributed by atoms with van der Waals surface area (Å²) >= 11 is 0. The van der Waals surface area contributed by atoms with Gasteiger partial charge in [0.15, 0.2) is 0 Å². The third-order valence-electron chi connectivity index (χ3n) is 1.81. The first-order valence-corrected chi connectivity index (χ1v) is 3.25. The van der Waals surface area contributed by atoms with E-state index in [0.717, 1.165) is 12.8 Å². The number of rotatable bonds is 3. The zero-order valence-corrected chi connectivity index (χ0v) is 5.34. The van der Waals surface area contributed by atoms with Gasteiger partial charge in [0.05, 0.1) is 5.92 Å². The highest BCUT2D eigenvalue weighted by Gasteiger charge is 2.33. The van der Waals surface area contributed by atoms with E-state index in [1.807, 2.05) is 0 Å². The largest absolute Gasteiger partial charge is 0.369 e. The van der Waals surface area contributed by atoms with E-state index in [4.69, 9.17) is 11.5 Å². The number of carbonyl (C=O) groups excluding carboxylic acids is 1. The van der Waals surface area contributed by atoms with Crippen LogP contribution >= 0.6 is 0 Å². The molecule has 1 fully saturated rings. The average molecular weight is 128 g/mol. The molecule has 1 saturated carbocycles. The van der Waals surface area contributed by atoms with Crippen LogP contribution in [0.15, 0.2) is 0 Å². The fourth-order valence-electron chi connectivity index (χ4n) is 1.04. The van der Waals surface area contributed by atoms with Crippen LogP contribution in [0.3, 0.4) is 0 Å². The van der Waals surface area contributed by atoms with Gasteiger partial charge >= 0.3 is 0 Å². The van der Waals surface area contributed by atoms with Crippen molar-refractivity contribution in [1.29, 1.82) is 0 Å². The van der Waals surface area contributed by atoms with Crippen LogP contribution in [0, 0.1) is 11.8 Å². The molecule has 0 spiro atoms. The van der Waals surface area contributed by atoms with Gasteiger partial charge in [-0.05, 0) is 18.8 Å². The second-order valence-electron chi connectivity index (χ2n) is 2.58.